The van der Waals surface area contributed by atoms with Crippen molar-refractivity contribution in [3.63, 3.8) is 0 Å². The van der Waals surface area contributed by atoms with Crippen molar-refractivity contribution in [3.05, 3.63) is 77.6 Å². The van der Waals surface area contributed by atoms with Gasteiger partial charge in [-0.15, -0.1) is 0 Å². The summed E-state index contributed by atoms with van der Waals surface area (Å²) in [5.74, 6) is 3.07. The lowest BCUT2D eigenvalue weighted by atomic mass is 9.95. The van der Waals surface area contributed by atoms with Gasteiger partial charge in [-0.2, -0.15) is 5.10 Å². The zero-order valence-corrected chi connectivity index (χ0v) is 17.0. The van der Waals surface area contributed by atoms with E-state index in [1.807, 2.05) is 54.4 Å². The first kappa shape index (κ1) is 18.1. The summed E-state index contributed by atoms with van der Waals surface area (Å²) in [4.78, 5) is 4.15. The molecule has 0 amide bonds. The lowest BCUT2D eigenvalue weighted by Crippen LogP contribution is -2.33. The molecule has 0 saturated carbocycles. The van der Waals surface area contributed by atoms with Crippen LogP contribution in [0.1, 0.15) is 42.3 Å². The number of hydrogen-bond acceptors (Lipinski definition) is 7. The first-order valence-electron chi connectivity index (χ1n) is 10.4. The summed E-state index contributed by atoms with van der Waals surface area (Å²) < 4.78 is 23.4. The molecule has 0 saturated heterocycles. The fourth-order valence-corrected chi connectivity index (χ4v) is 4.35. The van der Waals surface area contributed by atoms with E-state index < -0.39 is 0 Å². The number of aromatic nitrogens is 1. The molecule has 31 heavy (non-hydrogen) atoms. The van der Waals surface area contributed by atoms with Crippen molar-refractivity contribution in [1.29, 1.82) is 0 Å². The summed E-state index contributed by atoms with van der Waals surface area (Å²) in [5.41, 5.74) is 4.08. The van der Waals surface area contributed by atoms with Crippen LogP contribution in [0.5, 0.6) is 23.0 Å². The van der Waals surface area contributed by atoms with Gasteiger partial charge >= 0.3 is 0 Å². The molecule has 2 atom stereocenters. The van der Waals surface area contributed by atoms with Gasteiger partial charge in [-0.05, 0) is 43.3 Å². The number of hydrazone groups is 1. The van der Waals surface area contributed by atoms with Gasteiger partial charge in [0, 0.05) is 35.5 Å². The molecule has 1 aromatic heterocycles. The van der Waals surface area contributed by atoms with E-state index in [-0.39, 0.29) is 19.1 Å². The second-order valence-corrected chi connectivity index (χ2v) is 7.57. The minimum Gasteiger partial charge on any atom is -0.490 e. The van der Waals surface area contributed by atoms with Gasteiger partial charge in [-0.25, -0.2) is 5.01 Å². The average molecular weight is 415 g/mol. The Morgan fingerprint density at radius 2 is 1.94 bits per heavy atom. The van der Waals surface area contributed by atoms with Gasteiger partial charge in [-0.3, -0.25) is 4.98 Å². The SMILES string of the molecule is CCOc1cccc2c1OC(c1ccncc1)N1N=C(c3ccc4c(c3)OCO4)CC21. The Morgan fingerprint density at radius 1 is 1.06 bits per heavy atom. The quantitative estimate of drug-likeness (QED) is 0.627. The Morgan fingerprint density at radius 3 is 2.81 bits per heavy atom. The number of ether oxygens (including phenoxy) is 4. The van der Waals surface area contributed by atoms with Crippen LogP contribution in [0.15, 0.2) is 66.0 Å². The Balaban J connectivity index is 1.44. The van der Waals surface area contributed by atoms with Crippen molar-refractivity contribution in [2.45, 2.75) is 25.6 Å². The highest BCUT2D eigenvalue weighted by Gasteiger charge is 2.42. The molecule has 2 aromatic carbocycles. The summed E-state index contributed by atoms with van der Waals surface area (Å²) >= 11 is 0. The maximum absolute atomic E-state index is 6.50. The second kappa shape index (κ2) is 7.19. The van der Waals surface area contributed by atoms with Gasteiger partial charge < -0.3 is 18.9 Å². The number of benzene rings is 2. The van der Waals surface area contributed by atoms with E-state index in [2.05, 4.69) is 11.1 Å². The van der Waals surface area contributed by atoms with E-state index in [4.69, 9.17) is 24.0 Å². The summed E-state index contributed by atoms with van der Waals surface area (Å²) in [5, 5.41) is 7.05. The Bertz CT molecular complexity index is 1160. The predicted molar refractivity (Wildman–Crippen MR) is 114 cm³/mol. The third-order valence-corrected chi connectivity index (χ3v) is 5.78. The molecule has 3 aromatic rings. The van der Waals surface area contributed by atoms with Crippen LogP contribution in [0.3, 0.4) is 0 Å². The maximum atomic E-state index is 6.50. The highest BCUT2D eigenvalue weighted by molar-refractivity contribution is 6.02. The summed E-state index contributed by atoms with van der Waals surface area (Å²) in [6.45, 7) is 2.81. The highest BCUT2D eigenvalue weighted by Crippen LogP contribution is 2.51. The van der Waals surface area contributed by atoms with Gasteiger partial charge in [0.2, 0.25) is 13.0 Å². The molecule has 0 fully saturated rings. The molecule has 2 unspecified atom stereocenters. The molecule has 0 spiro atoms. The van der Waals surface area contributed by atoms with Crippen LogP contribution in [0, 0.1) is 0 Å². The minimum atomic E-state index is -0.367. The van der Waals surface area contributed by atoms with Gasteiger partial charge in [0.15, 0.2) is 23.0 Å². The van der Waals surface area contributed by atoms with Gasteiger partial charge in [-0.1, -0.05) is 12.1 Å². The van der Waals surface area contributed by atoms with E-state index in [0.29, 0.717) is 6.61 Å². The second-order valence-electron chi connectivity index (χ2n) is 7.57. The van der Waals surface area contributed by atoms with Gasteiger partial charge in [0.25, 0.3) is 0 Å². The van der Waals surface area contributed by atoms with E-state index in [9.17, 15) is 0 Å². The zero-order valence-electron chi connectivity index (χ0n) is 17.0. The van der Waals surface area contributed by atoms with Gasteiger partial charge in [0.1, 0.15) is 0 Å². The lowest BCUT2D eigenvalue weighted by Gasteiger charge is -2.38. The van der Waals surface area contributed by atoms with Crippen molar-refractivity contribution >= 4 is 5.71 Å². The number of pyridine rings is 1. The maximum Gasteiger partial charge on any atom is 0.231 e. The average Bonchev–Trinajstić information content (AvgIpc) is 3.46. The first-order valence-corrected chi connectivity index (χ1v) is 10.4. The Labute approximate surface area is 179 Å². The molecule has 156 valence electrons. The largest absolute Gasteiger partial charge is 0.490 e. The topological polar surface area (TPSA) is 65.4 Å². The third kappa shape index (κ3) is 2.96. The van der Waals surface area contributed by atoms with Crippen LogP contribution in [0.4, 0.5) is 0 Å². The number of fused-ring (bicyclic) bond motifs is 4. The van der Waals surface area contributed by atoms with Crippen molar-refractivity contribution in [1.82, 2.24) is 9.99 Å². The molecular formula is C24H21N3O4. The van der Waals surface area contributed by atoms with Crippen LogP contribution < -0.4 is 18.9 Å². The Kier molecular flexibility index (Phi) is 4.19. The molecular weight excluding hydrogens is 394 g/mol. The summed E-state index contributed by atoms with van der Waals surface area (Å²) in [6.07, 6.45) is 3.94. The van der Waals surface area contributed by atoms with E-state index in [0.717, 1.165) is 51.8 Å². The summed E-state index contributed by atoms with van der Waals surface area (Å²) in [6, 6.07) is 16.0. The monoisotopic (exact) mass is 415 g/mol. The standard InChI is InChI=1S/C24H21N3O4/c1-2-28-21-5-3-4-17-19-13-18(16-6-7-20-22(12-16)30-14-29-20)26-27(19)24(31-23(17)21)15-8-10-25-11-9-15/h3-12,19,24H,2,13-14H2,1H3. The van der Waals surface area contributed by atoms with Crippen LogP contribution in [-0.4, -0.2) is 29.1 Å². The van der Waals surface area contributed by atoms with Crippen molar-refractivity contribution < 1.29 is 18.9 Å². The zero-order chi connectivity index (χ0) is 20.8. The third-order valence-electron chi connectivity index (χ3n) is 5.78. The fraction of sp³-hybridized carbons (Fsp3) is 0.250. The number of nitrogens with zero attached hydrogens (tertiary/aromatic N) is 3. The number of hydrogen-bond donors (Lipinski definition) is 0. The fourth-order valence-electron chi connectivity index (χ4n) is 4.35. The molecule has 7 heteroatoms. The smallest absolute Gasteiger partial charge is 0.231 e. The van der Waals surface area contributed by atoms with E-state index >= 15 is 0 Å². The molecule has 7 nitrogen and oxygen atoms in total. The molecule has 4 heterocycles. The van der Waals surface area contributed by atoms with Crippen LogP contribution in [-0.2, 0) is 0 Å². The first-order chi connectivity index (χ1) is 15.3. The number of para-hydroxylation sites is 1. The summed E-state index contributed by atoms with van der Waals surface area (Å²) in [7, 11) is 0. The van der Waals surface area contributed by atoms with Crippen molar-refractivity contribution in [3.8, 4) is 23.0 Å². The van der Waals surface area contributed by atoms with E-state index in [1.165, 1.54) is 0 Å². The normalized spacial score (nSPS) is 20.5. The predicted octanol–water partition coefficient (Wildman–Crippen LogP) is 4.45. The molecule has 3 aliphatic rings. The molecule has 0 bridgehead atoms. The lowest BCUT2D eigenvalue weighted by molar-refractivity contribution is -0.0212. The highest BCUT2D eigenvalue weighted by atomic mass is 16.7. The number of rotatable bonds is 4. The van der Waals surface area contributed by atoms with Crippen molar-refractivity contribution in [2.24, 2.45) is 5.10 Å². The van der Waals surface area contributed by atoms with Crippen molar-refractivity contribution in [2.75, 3.05) is 13.4 Å². The van der Waals surface area contributed by atoms with Crippen LogP contribution in [0.25, 0.3) is 0 Å². The van der Waals surface area contributed by atoms with Crippen LogP contribution >= 0.6 is 0 Å². The molecule has 0 N–H and O–H groups in total. The molecule has 0 radical (unpaired) electrons. The molecule has 0 aliphatic carbocycles. The van der Waals surface area contributed by atoms with E-state index in [1.54, 1.807) is 12.4 Å². The van der Waals surface area contributed by atoms with Gasteiger partial charge in [0.05, 0.1) is 18.4 Å². The molecule has 6 rings (SSSR count). The molecule has 3 aliphatic heterocycles. The minimum absolute atomic E-state index is 0.0442. The Hall–Kier alpha value is -3.74. The van der Waals surface area contributed by atoms with Crippen LogP contribution in [0.2, 0.25) is 0 Å².